The molecule has 2 heteroatoms. The van der Waals surface area contributed by atoms with E-state index in [1.54, 1.807) is 6.08 Å². The fourth-order valence-electron chi connectivity index (χ4n) is 0.908. The van der Waals surface area contributed by atoms with Crippen LogP contribution in [-0.2, 0) is 4.74 Å². The molecular formula is C9H12OS. The molecule has 0 unspecified atom stereocenters. The van der Waals surface area contributed by atoms with Crippen LogP contribution in [0, 0.1) is 0 Å². The second-order valence-corrected chi connectivity index (χ2v) is 3.25. The zero-order valence-corrected chi connectivity index (χ0v) is 7.49. The maximum absolute atomic E-state index is 5.42. The first-order chi connectivity index (χ1) is 5.38. The predicted octanol–water partition coefficient (Wildman–Crippen LogP) is 2.72. The van der Waals surface area contributed by atoms with Crippen LogP contribution >= 0.6 is 11.8 Å². The Kier molecular flexibility index (Phi) is 3.30. The molecule has 11 heavy (non-hydrogen) atoms. The van der Waals surface area contributed by atoms with E-state index in [2.05, 4.69) is 12.7 Å². The van der Waals surface area contributed by atoms with Gasteiger partial charge in [-0.1, -0.05) is 18.7 Å². The van der Waals surface area contributed by atoms with Gasteiger partial charge in [0, 0.05) is 10.7 Å². The van der Waals surface area contributed by atoms with Gasteiger partial charge >= 0.3 is 0 Å². The van der Waals surface area contributed by atoms with E-state index >= 15 is 0 Å². The summed E-state index contributed by atoms with van der Waals surface area (Å²) in [5, 5.41) is 0. The van der Waals surface area contributed by atoms with Crippen molar-refractivity contribution in [3.63, 3.8) is 0 Å². The first-order valence-electron chi connectivity index (χ1n) is 3.63. The van der Waals surface area contributed by atoms with Crippen molar-refractivity contribution in [2.24, 2.45) is 0 Å². The highest BCUT2D eigenvalue weighted by atomic mass is 32.2. The van der Waals surface area contributed by atoms with Gasteiger partial charge < -0.3 is 4.74 Å². The van der Waals surface area contributed by atoms with E-state index in [0.717, 1.165) is 18.1 Å². The van der Waals surface area contributed by atoms with Crippen molar-refractivity contribution < 1.29 is 4.74 Å². The zero-order chi connectivity index (χ0) is 8.10. The molecule has 1 nitrogen and oxygen atoms in total. The van der Waals surface area contributed by atoms with Gasteiger partial charge in [-0.2, -0.15) is 0 Å². The lowest BCUT2D eigenvalue weighted by atomic mass is 10.4. The van der Waals surface area contributed by atoms with Gasteiger partial charge in [0.2, 0.25) is 0 Å². The number of rotatable bonds is 1. The van der Waals surface area contributed by atoms with Crippen molar-refractivity contribution >= 4 is 11.8 Å². The molecule has 0 atom stereocenters. The Bertz CT molecular complexity index is 204. The van der Waals surface area contributed by atoms with Crippen LogP contribution in [0.3, 0.4) is 0 Å². The summed E-state index contributed by atoms with van der Waals surface area (Å²) >= 11 is 1.83. The monoisotopic (exact) mass is 168 g/mol. The van der Waals surface area contributed by atoms with E-state index in [4.69, 9.17) is 4.74 Å². The predicted molar refractivity (Wildman–Crippen MR) is 50.4 cm³/mol. The molecule has 0 amide bonds. The molecule has 0 aromatic heterocycles. The van der Waals surface area contributed by atoms with Crippen molar-refractivity contribution in [2.45, 2.75) is 6.92 Å². The summed E-state index contributed by atoms with van der Waals surface area (Å²) < 4.78 is 5.42. The molecule has 1 saturated heterocycles. The molecule has 0 radical (unpaired) electrons. The second-order valence-electron chi connectivity index (χ2n) is 2.12. The van der Waals surface area contributed by atoms with Gasteiger partial charge in [-0.3, -0.25) is 0 Å². The Hall–Kier alpha value is -0.630. The van der Waals surface area contributed by atoms with Crippen LogP contribution in [-0.4, -0.2) is 12.4 Å². The zero-order valence-electron chi connectivity index (χ0n) is 6.67. The quantitative estimate of drug-likeness (QED) is 0.595. The minimum absolute atomic E-state index is 0.807. The maximum Gasteiger partial charge on any atom is 0.132 e. The van der Waals surface area contributed by atoms with Gasteiger partial charge in [-0.25, -0.2) is 0 Å². The molecule has 1 aliphatic rings. The smallest absolute Gasteiger partial charge is 0.132 e. The van der Waals surface area contributed by atoms with E-state index in [1.807, 2.05) is 24.8 Å². The highest BCUT2D eigenvalue weighted by molar-refractivity contribution is 8.03. The fraction of sp³-hybridized carbons (Fsp3) is 0.333. The number of hydrogen-bond acceptors (Lipinski definition) is 2. The second kappa shape index (κ2) is 4.29. The third-order valence-electron chi connectivity index (χ3n) is 1.37. The van der Waals surface area contributed by atoms with E-state index in [0.29, 0.717) is 0 Å². The summed E-state index contributed by atoms with van der Waals surface area (Å²) in [5.41, 5.74) is 0. The van der Waals surface area contributed by atoms with Crippen molar-refractivity contribution in [1.82, 2.24) is 0 Å². The van der Waals surface area contributed by atoms with Crippen molar-refractivity contribution in [3.05, 3.63) is 35.5 Å². The molecular weight excluding hydrogens is 156 g/mol. The average Bonchev–Trinajstić information content (AvgIpc) is 2.06. The van der Waals surface area contributed by atoms with Crippen molar-refractivity contribution in [3.8, 4) is 0 Å². The summed E-state index contributed by atoms with van der Waals surface area (Å²) in [4.78, 5) is 1.22. The normalized spacial score (nSPS) is 25.2. The minimum Gasteiger partial charge on any atom is -0.492 e. The summed E-state index contributed by atoms with van der Waals surface area (Å²) in [6, 6.07) is 0. The van der Waals surface area contributed by atoms with Crippen LogP contribution in [0.4, 0.5) is 0 Å². The molecule has 0 aliphatic carbocycles. The Morgan fingerprint density at radius 2 is 2.45 bits per heavy atom. The molecule has 60 valence electrons. The molecule has 1 rings (SSSR count). The third-order valence-corrected chi connectivity index (χ3v) is 2.49. The van der Waals surface area contributed by atoms with E-state index in [-0.39, 0.29) is 0 Å². The van der Waals surface area contributed by atoms with Gasteiger partial charge in [0.15, 0.2) is 0 Å². The maximum atomic E-state index is 5.42. The number of allylic oxidation sites excluding steroid dienone is 3. The Balaban J connectivity index is 2.74. The minimum atomic E-state index is 0.807. The van der Waals surface area contributed by atoms with Gasteiger partial charge in [0.05, 0.1) is 6.61 Å². The summed E-state index contributed by atoms with van der Waals surface area (Å²) in [5.74, 6) is 2.01. The van der Waals surface area contributed by atoms with Crippen LogP contribution in [0.1, 0.15) is 6.92 Å². The Morgan fingerprint density at radius 3 is 3.09 bits per heavy atom. The molecule has 0 N–H and O–H groups in total. The lowest BCUT2D eigenvalue weighted by Gasteiger charge is -2.18. The largest absolute Gasteiger partial charge is 0.492 e. The molecule has 0 spiro atoms. The third kappa shape index (κ3) is 2.15. The summed E-state index contributed by atoms with van der Waals surface area (Å²) in [7, 11) is 0. The van der Waals surface area contributed by atoms with Gasteiger partial charge in [-0.15, -0.1) is 11.8 Å². The molecule has 1 heterocycles. The van der Waals surface area contributed by atoms with Crippen molar-refractivity contribution in [1.29, 1.82) is 0 Å². The van der Waals surface area contributed by atoms with Crippen LogP contribution < -0.4 is 0 Å². The topological polar surface area (TPSA) is 9.23 Å². The SMILES string of the molecule is C=CC=C1OCCSC1=CC. The van der Waals surface area contributed by atoms with Crippen LogP contribution in [0.5, 0.6) is 0 Å². The van der Waals surface area contributed by atoms with Gasteiger partial charge in [-0.05, 0) is 13.0 Å². The summed E-state index contributed by atoms with van der Waals surface area (Å²) in [6.45, 7) is 6.46. The highest BCUT2D eigenvalue weighted by Crippen LogP contribution is 2.29. The molecule has 1 fully saturated rings. The van der Waals surface area contributed by atoms with Gasteiger partial charge in [0.1, 0.15) is 5.76 Å². The standard InChI is InChI=1S/C9H12OS/c1-3-5-8-9(4-2)11-7-6-10-8/h3-5H,1,6-7H2,2H3. The van der Waals surface area contributed by atoms with E-state index < -0.39 is 0 Å². The fourth-order valence-corrected chi connectivity index (χ4v) is 1.73. The lowest BCUT2D eigenvalue weighted by Crippen LogP contribution is -2.05. The Morgan fingerprint density at radius 1 is 1.64 bits per heavy atom. The highest BCUT2D eigenvalue weighted by Gasteiger charge is 2.10. The van der Waals surface area contributed by atoms with E-state index in [1.165, 1.54) is 4.91 Å². The lowest BCUT2D eigenvalue weighted by molar-refractivity contribution is 0.240. The van der Waals surface area contributed by atoms with Gasteiger partial charge in [0.25, 0.3) is 0 Å². The molecule has 0 bridgehead atoms. The van der Waals surface area contributed by atoms with Crippen LogP contribution in [0.15, 0.2) is 35.5 Å². The molecule has 0 aromatic rings. The summed E-state index contributed by atoms with van der Waals surface area (Å²) in [6.07, 6.45) is 5.73. The average molecular weight is 168 g/mol. The Labute approximate surface area is 71.8 Å². The molecule has 0 saturated carbocycles. The number of hydrogen-bond donors (Lipinski definition) is 0. The first kappa shape index (κ1) is 8.47. The van der Waals surface area contributed by atoms with Crippen LogP contribution in [0.25, 0.3) is 0 Å². The first-order valence-corrected chi connectivity index (χ1v) is 4.62. The molecule has 1 aliphatic heterocycles. The van der Waals surface area contributed by atoms with Crippen molar-refractivity contribution in [2.75, 3.05) is 12.4 Å². The number of ether oxygens (including phenoxy) is 1. The van der Waals surface area contributed by atoms with Crippen LogP contribution in [0.2, 0.25) is 0 Å². The number of thioether (sulfide) groups is 1. The molecule has 0 aromatic carbocycles. The van der Waals surface area contributed by atoms with E-state index in [9.17, 15) is 0 Å².